The molecule has 0 bridgehead atoms. The van der Waals surface area contributed by atoms with Crippen LogP contribution in [0.2, 0.25) is 0 Å². The standard InChI is InChI=1S/C16H13N3O2/c1-16(2)18-15(19-8-4-3-5-14(19)20)12-7-6-11(10-17)9-13(12)21-16/h3-9H,1-2H3. The lowest BCUT2D eigenvalue weighted by Crippen LogP contribution is -2.37. The Bertz CT molecular complexity index is 841. The van der Waals surface area contributed by atoms with Crippen molar-refractivity contribution >= 4 is 5.84 Å². The van der Waals surface area contributed by atoms with E-state index >= 15 is 0 Å². The van der Waals surface area contributed by atoms with Gasteiger partial charge < -0.3 is 4.74 Å². The molecule has 5 heteroatoms. The minimum atomic E-state index is -0.800. The van der Waals surface area contributed by atoms with Crippen LogP contribution >= 0.6 is 0 Å². The van der Waals surface area contributed by atoms with Crippen LogP contribution in [0.5, 0.6) is 5.75 Å². The van der Waals surface area contributed by atoms with Crippen LogP contribution in [0.1, 0.15) is 25.0 Å². The molecule has 1 aromatic carbocycles. The van der Waals surface area contributed by atoms with Crippen LogP contribution in [0.4, 0.5) is 0 Å². The molecule has 0 saturated carbocycles. The average molecular weight is 279 g/mol. The first-order valence-corrected chi connectivity index (χ1v) is 6.52. The second-order valence-electron chi connectivity index (χ2n) is 5.22. The molecule has 0 saturated heterocycles. The molecular weight excluding hydrogens is 266 g/mol. The highest BCUT2D eigenvalue weighted by atomic mass is 16.5. The van der Waals surface area contributed by atoms with Crippen molar-refractivity contribution in [2.45, 2.75) is 19.6 Å². The largest absolute Gasteiger partial charge is 0.466 e. The van der Waals surface area contributed by atoms with E-state index < -0.39 is 5.72 Å². The summed E-state index contributed by atoms with van der Waals surface area (Å²) in [6.07, 6.45) is 1.67. The molecule has 2 heterocycles. The van der Waals surface area contributed by atoms with Crippen molar-refractivity contribution < 1.29 is 4.74 Å². The summed E-state index contributed by atoms with van der Waals surface area (Å²) in [4.78, 5) is 16.6. The zero-order valence-electron chi connectivity index (χ0n) is 11.7. The Morgan fingerprint density at radius 3 is 2.81 bits per heavy atom. The molecule has 3 rings (SSSR count). The Hall–Kier alpha value is -2.87. The minimum absolute atomic E-state index is 0.163. The first kappa shape index (κ1) is 13.1. The molecule has 0 aliphatic carbocycles. The molecule has 1 aromatic heterocycles. The van der Waals surface area contributed by atoms with E-state index in [1.54, 1.807) is 36.5 Å². The van der Waals surface area contributed by atoms with Gasteiger partial charge in [0.25, 0.3) is 5.56 Å². The van der Waals surface area contributed by atoms with Crippen molar-refractivity contribution in [3.8, 4) is 11.8 Å². The first-order valence-electron chi connectivity index (χ1n) is 6.52. The number of hydrogen-bond acceptors (Lipinski definition) is 4. The molecule has 5 nitrogen and oxygen atoms in total. The van der Waals surface area contributed by atoms with Gasteiger partial charge in [-0.25, -0.2) is 4.99 Å². The fraction of sp³-hybridized carbons (Fsp3) is 0.188. The van der Waals surface area contributed by atoms with E-state index in [1.807, 2.05) is 13.8 Å². The number of hydrogen-bond donors (Lipinski definition) is 0. The number of nitrogens with zero attached hydrogens (tertiary/aromatic N) is 3. The fourth-order valence-electron chi connectivity index (χ4n) is 2.25. The number of fused-ring (bicyclic) bond motifs is 1. The van der Waals surface area contributed by atoms with Gasteiger partial charge >= 0.3 is 0 Å². The van der Waals surface area contributed by atoms with E-state index in [4.69, 9.17) is 10.00 Å². The Balaban J connectivity index is 2.26. The van der Waals surface area contributed by atoms with E-state index in [2.05, 4.69) is 11.1 Å². The monoisotopic (exact) mass is 279 g/mol. The molecule has 1 aliphatic rings. The number of rotatable bonds is 0. The van der Waals surface area contributed by atoms with Gasteiger partial charge in [-0.1, -0.05) is 6.07 Å². The van der Waals surface area contributed by atoms with Crippen molar-refractivity contribution in [2.75, 3.05) is 0 Å². The lowest BCUT2D eigenvalue weighted by molar-refractivity contribution is 0.114. The lowest BCUT2D eigenvalue weighted by atomic mass is 10.1. The van der Waals surface area contributed by atoms with Crippen molar-refractivity contribution in [2.24, 2.45) is 4.99 Å². The number of benzene rings is 1. The summed E-state index contributed by atoms with van der Waals surface area (Å²) in [5.74, 6) is 1.08. The van der Waals surface area contributed by atoms with Crippen LogP contribution in [-0.4, -0.2) is 16.1 Å². The minimum Gasteiger partial charge on any atom is -0.466 e. The van der Waals surface area contributed by atoms with E-state index in [9.17, 15) is 4.79 Å². The molecule has 0 N–H and O–H groups in total. The molecule has 104 valence electrons. The first-order chi connectivity index (χ1) is 10.00. The Kier molecular flexibility index (Phi) is 2.88. The van der Waals surface area contributed by atoms with E-state index in [0.29, 0.717) is 22.7 Å². The second-order valence-corrected chi connectivity index (χ2v) is 5.22. The van der Waals surface area contributed by atoms with Gasteiger partial charge in [0.2, 0.25) is 0 Å². The summed E-state index contributed by atoms with van der Waals surface area (Å²) < 4.78 is 7.28. The summed E-state index contributed by atoms with van der Waals surface area (Å²) in [5.41, 5.74) is 0.239. The van der Waals surface area contributed by atoms with Crippen LogP contribution in [0.15, 0.2) is 52.4 Å². The molecule has 0 unspecified atom stereocenters. The van der Waals surface area contributed by atoms with Gasteiger partial charge in [-0.05, 0) is 38.1 Å². The SMILES string of the molecule is CC1(C)N=C(n2ccccc2=O)c2ccc(C#N)cc2O1. The molecule has 2 aromatic rings. The zero-order chi connectivity index (χ0) is 15.0. The number of ether oxygens (including phenoxy) is 1. The highest BCUT2D eigenvalue weighted by Crippen LogP contribution is 2.31. The van der Waals surface area contributed by atoms with Crippen LogP contribution in [0, 0.1) is 11.3 Å². The quantitative estimate of drug-likeness (QED) is 0.742. The highest BCUT2D eigenvalue weighted by molar-refractivity contribution is 6.03. The average Bonchev–Trinajstić information content (AvgIpc) is 2.45. The molecule has 0 atom stereocenters. The third-order valence-electron chi connectivity index (χ3n) is 3.14. The summed E-state index contributed by atoms with van der Waals surface area (Å²) in [7, 11) is 0. The van der Waals surface area contributed by atoms with Gasteiger partial charge in [0.15, 0.2) is 5.72 Å². The summed E-state index contributed by atoms with van der Waals surface area (Å²) in [6.45, 7) is 3.62. The predicted molar refractivity (Wildman–Crippen MR) is 78.5 cm³/mol. The zero-order valence-corrected chi connectivity index (χ0v) is 11.7. The smallest absolute Gasteiger partial charge is 0.256 e. The topological polar surface area (TPSA) is 67.4 Å². The molecule has 21 heavy (non-hydrogen) atoms. The maximum atomic E-state index is 12.1. The Morgan fingerprint density at radius 1 is 1.29 bits per heavy atom. The van der Waals surface area contributed by atoms with Crippen LogP contribution in [0.25, 0.3) is 0 Å². The van der Waals surface area contributed by atoms with E-state index in [0.717, 1.165) is 0 Å². The number of nitriles is 1. The molecule has 0 fully saturated rings. The second kappa shape index (κ2) is 4.60. The normalized spacial score (nSPS) is 15.4. The summed E-state index contributed by atoms with van der Waals surface area (Å²) >= 11 is 0. The van der Waals surface area contributed by atoms with Crippen molar-refractivity contribution in [1.29, 1.82) is 5.26 Å². The van der Waals surface area contributed by atoms with Gasteiger partial charge in [-0.2, -0.15) is 5.26 Å². The van der Waals surface area contributed by atoms with Gasteiger partial charge in [-0.15, -0.1) is 0 Å². The lowest BCUT2D eigenvalue weighted by Gasteiger charge is -2.30. The molecule has 0 amide bonds. The van der Waals surface area contributed by atoms with Gasteiger partial charge in [0.1, 0.15) is 11.6 Å². The fourth-order valence-corrected chi connectivity index (χ4v) is 2.25. The third-order valence-corrected chi connectivity index (χ3v) is 3.14. The van der Waals surface area contributed by atoms with Gasteiger partial charge in [0.05, 0.1) is 17.2 Å². The van der Waals surface area contributed by atoms with Gasteiger partial charge in [-0.3, -0.25) is 9.36 Å². The number of aliphatic imine (C=N–C) groups is 1. The van der Waals surface area contributed by atoms with Crippen molar-refractivity contribution in [1.82, 2.24) is 4.57 Å². The maximum Gasteiger partial charge on any atom is 0.256 e. The van der Waals surface area contributed by atoms with Crippen molar-refractivity contribution in [3.05, 3.63) is 64.1 Å². The predicted octanol–water partition coefficient (Wildman–Crippen LogP) is 2.14. The molecule has 0 spiro atoms. The third kappa shape index (κ3) is 2.32. The van der Waals surface area contributed by atoms with E-state index in [-0.39, 0.29) is 5.56 Å². The van der Waals surface area contributed by atoms with Crippen LogP contribution in [-0.2, 0) is 0 Å². The van der Waals surface area contributed by atoms with Crippen LogP contribution in [0.3, 0.4) is 0 Å². The number of pyridine rings is 1. The number of aromatic nitrogens is 1. The Labute approximate surface area is 121 Å². The summed E-state index contributed by atoms with van der Waals surface area (Å²) in [6, 6.07) is 12.1. The van der Waals surface area contributed by atoms with Crippen molar-refractivity contribution in [3.63, 3.8) is 0 Å². The van der Waals surface area contributed by atoms with E-state index in [1.165, 1.54) is 10.6 Å². The van der Waals surface area contributed by atoms with Gasteiger partial charge in [0, 0.05) is 12.3 Å². The molecular formula is C16H13N3O2. The van der Waals surface area contributed by atoms with Crippen LogP contribution < -0.4 is 10.3 Å². The maximum absolute atomic E-state index is 12.1. The Morgan fingerprint density at radius 2 is 2.10 bits per heavy atom. The molecule has 0 radical (unpaired) electrons. The highest BCUT2D eigenvalue weighted by Gasteiger charge is 2.29. The molecule has 1 aliphatic heterocycles. The summed E-state index contributed by atoms with van der Waals surface area (Å²) in [5, 5.41) is 9.01.